The van der Waals surface area contributed by atoms with Crippen molar-refractivity contribution in [3.8, 4) is 0 Å². The summed E-state index contributed by atoms with van der Waals surface area (Å²) in [6.07, 6.45) is 35.2. The van der Waals surface area contributed by atoms with Crippen molar-refractivity contribution in [2.45, 2.75) is 224 Å². The van der Waals surface area contributed by atoms with E-state index in [1.807, 2.05) is 0 Å². The molecule has 5 N–H and O–H groups in total. The minimum absolute atomic E-state index is 0.340. The molecule has 0 saturated carbocycles. The van der Waals surface area contributed by atoms with Crippen molar-refractivity contribution in [1.29, 1.82) is 0 Å². The molecule has 0 fully saturated rings. The van der Waals surface area contributed by atoms with Crippen molar-refractivity contribution in [2.75, 3.05) is 6.61 Å². The van der Waals surface area contributed by atoms with Gasteiger partial charge in [-0.1, -0.05) is 174 Å². The van der Waals surface area contributed by atoms with Gasteiger partial charge in [0, 0.05) is 0 Å². The van der Waals surface area contributed by atoms with Crippen molar-refractivity contribution in [3.63, 3.8) is 0 Å². The molecule has 0 aliphatic heterocycles. The Kier molecular flexibility index (Phi) is 33.7. The summed E-state index contributed by atoms with van der Waals surface area (Å²) >= 11 is 0. The Morgan fingerprint density at radius 3 is 1.31 bits per heavy atom. The van der Waals surface area contributed by atoms with Crippen molar-refractivity contribution in [3.05, 3.63) is 12.2 Å². The Morgan fingerprint density at radius 2 is 0.889 bits per heavy atom. The van der Waals surface area contributed by atoms with Crippen molar-refractivity contribution < 1.29 is 25.2 Å². The van der Waals surface area contributed by atoms with E-state index >= 15 is 0 Å². The molecular weight excluding hydrogens is 562 g/mol. The lowest BCUT2D eigenvalue weighted by Gasteiger charge is -2.27. The summed E-state index contributed by atoms with van der Waals surface area (Å²) in [4.78, 5) is 12.4. The number of hydrogen-bond donors (Lipinski definition) is 5. The maximum absolute atomic E-state index is 12.4. The van der Waals surface area contributed by atoms with Crippen LogP contribution >= 0.6 is 0 Å². The molecule has 0 aromatic rings. The highest BCUT2D eigenvalue weighted by Gasteiger charge is 2.28. The third kappa shape index (κ3) is 29.0. The fraction of sp³-hybridized carbons (Fsp3) is 0.923. The lowest BCUT2D eigenvalue weighted by molar-refractivity contribution is -0.132. The second kappa shape index (κ2) is 34.4. The molecule has 4 atom stereocenters. The van der Waals surface area contributed by atoms with Crippen LogP contribution in [0.5, 0.6) is 0 Å². The Hall–Kier alpha value is -0.950. The first kappa shape index (κ1) is 44.0. The van der Waals surface area contributed by atoms with Crippen molar-refractivity contribution >= 4 is 5.91 Å². The van der Waals surface area contributed by atoms with Crippen LogP contribution < -0.4 is 5.32 Å². The standard InChI is InChI=1S/C39H77NO5/c1-3-5-7-9-11-13-15-17-18-19-20-21-23-24-26-28-30-32-36(42)38(44)35(34-41)40-39(45)37(43)33-31-29-27-25-22-16-14-12-10-8-6-4-2/h22,25,35-38,41-44H,3-21,23-24,26-34H2,1-2H3,(H,40,45)/b25-22-. The number of nitrogens with one attached hydrogen (secondary N) is 1. The fourth-order valence-corrected chi connectivity index (χ4v) is 6.04. The first-order valence-electron chi connectivity index (χ1n) is 19.6. The van der Waals surface area contributed by atoms with Crippen molar-refractivity contribution in [2.24, 2.45) is 0 Å². The van der Waals surface area contributed by atoms with E-state index in [1.54, 1.807) is 0 Å². The molecule has 4 unspecified atom stereocenters. The van der Waals surface area contributed by atoms with Gasteiger partial charge < -0.3 is 25.7 Å². The van der Waals surface area contributed by atoms with E-state index in [-0.39, 0.29) is 0 Å². The van der Waals surface area contributed by atoms with Gasteiger partial charge in [0.15, 0.2) is 0 Å². The molecule has 0 bridgehead atoms. The van der Waals surface area contributed by atoms with E-state index in [0.717, 1.165) is 44.9 Å². The van der Waals surface area contributed by atoms with Gasteiger partial charge >= 0.3 is 0 Å². The number of carbonyl (C=O) groups is 1. The van der Waals surface area contributed by atoms with Crippen LogP contribution in [0.3, 0.4) is 0 Å². The Balaban J connectivity index is 3.79. The topological polar surface area (TPSA) is 110 Å². The third-order valence-corrected chi connectivity index (χ3v) is 9.23. The van der Waals surface area contributed by atoms with Crippen LogP contribution in [0.4, 0.5) is 0 Å². The van der Waals surface area contributed by atoms with Crippen LogP contribution in [0.15, 0.2) is 12.2 Å². The van der Waals surface area contributed by atoms with Gasteiger partial charge in [-0.15, -0.1) is 0 Å². The van der Waals surface area contributed by atoms with E-state index in [0.29, 0.717) is 12.8 Å². The quantitative estimate of drug-likeness (QED) is 0.0350. The molecule has 0 aromatic heterocycles. The van der Waals surface area contributed by atoms with Gasteiger partial charge in [0.2, 0.25) is 5.91 Å². The smallest absolute Gasteiger partial charge is 0.249 e. The lowest BCUT2D eigenvalue weighted by atomic mass is 9.99. The molecular formula is C39H77NO5. The highest BCUT2D eigenvalue weighted by atomic mass is 16.3. The second-order valence-electron chi connectivity index (χ2n) is 13.6. The first-order chi connectivity index (χ1) is 22.0. The van der Waals surface area contributed by atoms with Crippen LogP contribution in [0.25, 0.3) is 0 Å². The predicted octanol–water partition coefficient (Wildman–Crippen LogP) is 9.46. The minimum atomic E-state index is -1.26. The first-order valence-corrected chi connectivity index (χ1v) is 19.6. The Morgan fingerprint density at radius 1 is 0.533 bits per heavy atom. The predicted molar refractivity (Wildman–Crippen MR) is 191 cm³/mol. The molecule has 0 spiro atoms. The SMILES string of the molecule is CCCCCCCC/C=C\CCCCC(O)C(=O)NC(CO)C(O)C(O)CCCCCCCCCCCCCCCCCCC. The number of aliphatic hydroxyl groups is 4. The average Bonchev–Trinajstić information content (AvgIpc) is 3.04. The molecule has 0 saturated heterocycles. The number of hydrogen-bond acceptors (Lipinski definition) is 5. The van der Waals surface area contributed by atoms with Crippen LogP contribution in [0, 0.1) is 0 Å². The minimum Gasteiger partial charge on any atom is -0.394 e. The summed E-state index contributed by atoms with van der Waals surface area (Å²) in [6.45, 7) is 4.02. The van der Waals surface area contributed by atoms with E-state index in [1.165, 1.54) is 128 Å². The lowest BCUT2D eigenvalue weighted by Crippen LogP contribution is -2.53. The molecule has 6 nitrogen and oxygen atoms in total. The zero-order chi connectivity index (χ0) is 33.2. The molecule has 0 radical (unpaired) electrons. The highest BCUT2D eigenvalue weighted by molar-refractivity contribution is 5.80. The van der Waals surface area contributed by atoms with Gasteiger partial charge in [-0.05, 0) is 38.5 Å². The van der Waals surface area contributed by atoms with Gasteiger partial charge in [-0.25, -0.2) is 0 Å². The van der Waals surface area contributed by atoms with Gasteiger partial charge in [0.25, 0.3) is 0 Å². The maximum Gasteiger partial charge on any atom is 0.249 e. The van der Waals surface area contributed by atoms with E-state index < -0.39 is 36.9 Å². The monoisotopic (exact) mass is 640 g/mol. The summed E-state index contributed by atoms with van der Waals surface area (Å²) in [5.74, 6) is -0.600. The molecule has 0 aliphatic rings. The zero-order valence-corrected chi connectivity index (χ0v) is 29.9. The molecule has 0 aromatic carbocycles. The van der Waals surface area contributed by atoms with Crippen LogP contribution in [0.2, 0.25) is 0 Å². The highest BCUT2D eigenvalue weighted by Crippen LogP contribution is 2.16. The van der Waals surface area contributed by atoms with Gasteiger partial charge in [-0.3, -0.25) is 4.79 Å². The van der Waals surface area contributed by atoms with Crippen LogP contribution in [-0.2, 0) is 4.79 Å². The van der Waals surface area contributed by atoms with Gasteiger partial charge in [-0.2, -0.15) is 0 Å². The van der Waals surface area contributed by atoms with Crippen molar-refractivity contribution in [1.82, 2.24) is 5.32 Å². The number of unbranched alkanes of at least 4 members (excludes halogenated alkanes) is 24. The zero-order valence-electron chi connectivity index (χ0n) is 29.9. The summed E-state index contributed by atoms with van der Waals surface area (Å²) in [6, 6.07) is -0.988. The van der Waals surface area contributed by atoms with Crippen LogP contribution in [-0.4, -0.2) is 57.3 Å². The molecule has 1 amide bonds. The van der Waals surface area contributed by atoms with E-state index in [4.69, 9.17) is 0 Å². The Bertz CT molecular complexity index is 643. The molecule has 45 heavy (non-hydrogen) atoms. The van der Waals surface area contributed by atoms with E-state index in [2.05, 4.69) is 31.3 Å². The summed E-state index contributed by atoms with van der Waals surface area (Å²) < 4.78 is 0. The summed E-state index contributed by atoms with van der Waals surface area (Å²) in [5.41, 5.74) is 0. The number of allylic oxidation sites excluding steroid dienone is 2. The number of amides is 1. The normalized spacial score (nSPS) is 14.5. The molecule has 0 rings (SSSR count). The number of aliphatic hydroxyl groups excluding tert-OH is 4. The van der Waals surface area contributed by atoms with Crippen LogP contribution in [0.1, 0.15) is 200 Å². The maximum atomic E-state index is 12.4. The summed E-state index contributed by atoms with van der Waals surface area (Å²) in [7, 11) is 0. The average molecular weight is 640 g/mol. The fourth-order valence-electron chi connectivity index (χ4n) is 6.04. The molecule has 6 heteroatoms. The van der Waals surface area contributed by atoms with Gasteiger partial charge in [0.1, 0.15) is 12.2 Å². The molecule has 0 aliphatic carbocycles. The largest absolute Gasteiger partial charge is 0.394 e. The van der Waals surface area contributed by atoms with E-state index in [9.17, 15) is 25.2 Å². The Labute approximate surface area is 279 Å². The summed E-state index contributed by atoms with van der Waals surface area (Å²) in [5, 5.41) is 43.5. The second-order valence-corrected chi connectivity index (χ2v) is 13.6. The third-order valence-electron chi connectivity index (χ3n) is 9.23. The molecule has 268 valence electrons. The van der Waals surface area contributed by atoms with Gasteiger partial charge in [0.05, 0.1) is 18.8 Å². The number of carbonyl (C=O) groups excluding carboxylic acids is 1. The molecule has 0 heterocycles. The number of rotatable bonds is 35.